The lowest BCUT2D eigenvalue weighted by Crippen LogP contribution is -2.53. The Labute approximate surface area is 178 Å². The molecule has 0 radical (unpaired) electrons. The topological polar surface area (TPSA) is 103 Å². The summed E-state index contributed by atoms with van der Waals surface area (Å²) in [7, 11) is 0.412. The van der Waals surface area contributed by atoms with Gasteiger partial charge >= 0.3 is 0 Å². The van der Waals surface area contributed by atoms with Crippen molar-refractivity contribution < 1.29 is 17.9 Å². The number of amides is 1. The zero-order valence-corrected chi connectivity index (χ0v) is 18.5. The summed E-state index contributed by atoms with van der Waals surface area (Å²) in [6.07, 6.45) is 0.781. The van der Waals surface area contributed by atoms with Crippen LogP contribution in [-0.2, 0) is 14.6 Å². The first-order valence-electron chi connectivity index (χ1n) is 10.2. The number of carbonyl (C=O) groups is 1. The van der Waals surface area contributed by atoms with E-state index in [1.807, 2.05) is 12.1 Å². The number of anilines is 1. The zero-order valence-electron chi connectivity index (χ0n) is 17.6. The Balaban J connectivity index is 1.39. The van der Waals surface area contributed by atoms with Gasteiger partial charge in [-0.2, -0.15) is 0 Å². The molecule has 2 aliphatic heterocycles. The third-order valence-corrected chi connectivity index (χ3v) is 7.23. The lowest BCUT2D eigenvalue weighted by Gasteiger charge is -2.37. The minimum absolute atomic E-state index is 0.0479. The molecule has 2 fully saturated rings. The van der Waals surface area contributed by atoms with Crippen LogP contribution in [0.1, 0.15) is 12.8 Å². The summed E-state index contributed by atoms with van der Waals surface area (Å²) < 4.78 is 28.2. The Hall–Kier alpha value is -2.49. The monoisotopic (exact) mass is 437 g/mol. The van der Waals surface area contributed by atoms with Crippen molar-refractivity contribution in [3.63, 3.8) is 0 Å². The van der Waals surface area contributed by atoms with Crippen molar-refractivity contribution in [2.75, 3.05) is 63.3 Å². The van der Waals surface area contributed by atoms with E-state index in [4.69, 9.17) is 4.74 Å². The highest BCUT2D eigenvalue weighted by atomic mass is 32.2. The smallest absolute Gasteiger partial charge is 0.222 e. The normalized spacial score (nSPS) is 21.4. The van der Waals surface area contributed by atoms with Gasteiger partial charge in [-0.05, 0) is 30.7 Å². The van der Waals surface area contributed by atoms with Crippen LogP contribution >= 0.6 is 0 Å². The number of carbonyl (C=O) groups excluding carboxylic acids is 1. The molecule has 2 saturated heterocycles. The van der Waals surface area contributed by atoms with Gasteiger partial charge in [0.2, 0.25) is 5.91 Å². The summed E-state index contributed by atoms with van der Waals surface area (Å²) in [4.78, 5) is 20.9. The molecule has 0 aliphatic carbocycles. The highest BCUT2D eigenvalue weighted by Gasteiger charge is 2.28. The van der Waals surface area contributed by atoms with Crippen LogP contribution in [-0.4, -0.2) is 89.6 Å². The van der Waals surface area contributed by atoms with E-state index in [2.05, 4.69) is 37.6 Å². The molecule has 10 heteroatoms. The molecule has 30 heavy (non-hydrogen) atoms. The molecule has 1 unspecified atom stereocenters. The van der Waals surface area contributed by atoms with Crippen molar-refractivity contribution in [1.29, 1.82) is 0 Å². The van der Waals surface area contributed by atoms with Crippen LogP contribution in [0.2, 0.25) is 0 Å². The zero-order chi connectivity index (χ0) is 21.6. The summed E-state index contributed by atoms with van der Waals surface area (Å²) in [6, 6.07) is 7.81. The molecule has 2 heterocycles. The fourth-order valence-electron chi connectivity index (χ4n) is 3.80. The van der Waals surface area contributed by atoms with Crippen molar-refractivity contribution in [2.24, 2.45) is 4.99 Å². The van der Waals surface area contributed by atoms with Crippen LogP contribution in [0.4, 0.5) is 5.69 Å². The van der Waals surface area contributed by atoms with Gasteiger partial charge in [0.25, 0.3) is 0 Å². The molecule has 0 aromatic heterocycles. The first kappa shape index (κ1) is 22.2. The van der Waals surface area contributed by atoms with Crippen molar-refractivity contribution in [2.45, 2.75) is 18.9 Å². The third kappa shape index (κ3) is 6.01. The van der Waals surface area contributed by atoms with Crippen molar-refractivity contribution in [1.82, 2.24) is 15.5 Å². The van der Waals surface area contributed by atoms with E-state index < -0.39 is 9.84 Å². The maximum atomic E-state index is 12.1. The van der Waals surface area contributed by atoms with Gasteiger partial charge in [-0.15, -0.1) is 0 Å². The lowest BCUT2D eigenvalue weighted by atomic mass is 10.2. The maximum Gasteiger partial charge on any atom is 0.222 e. The first-order chi connectivity index (χ1) is 14.4. The molecule has 1 atom stereocenters. The molecule has 0 spiro atoms. The second-order valence-electron chi connectivity index (χ2n) is 7.56. The predicted molar refractivity (Wildman–Crippen MR) is 118 cm³/mol. The average molecular weight is 438 g/mol. The number of hydrogen-bond donors (Lipinski definition) is 2. The van der Waals surface area contributed by atoms with Crippen LogP contribution in [0.5, 0.6) is 5.75 Å². The summed E-state index contributed by atoms with van der Waals surface area (Å²) in [5.41, 5.74) is 1.17. The van der Waals surface area contributed by atoms with E-state index in [0.717, 1.165) is 37.9 Å². The number of nitrogens with one attached hydrogen (secondary N) is 2. The van der Waals surface area contributed by atoms with Crippen LogP contribution in [0.25, 0.3) is 0 Å². The predicted octanol–water partition coefficient (Wildman–Crippen LogP) is 0.0860. The number of hydrogen-bond acceptors (Lipinski definition) is 6. The molecule has 166 valence electrons. The minimum Gasteiger partial charge on any atom is -0.497 e. The standard InChI is InChI=1S/C20H31N5O4S/c1-21-20(22-9-7-19(26)23-16-8-14-30(27,28)15-16)25-12-10-24(11-13-25)17-3-5-18(29-2)6-4-17/h3-6,16H,7-15H2,1-2H3,(H,21,22)(H,23,26). The van der Waals surface area contributed by atoms with Gasteiger partial charge in [-0.1, -0.05) is 0 Å². The number of methoxy groups -OCH3 is 1. The maximum absolute atomic E-state index is 12.1. The number of ether oxygens (including phenoxy) is 1. The van der Waals surface area contributed by atoms with E-state index in [-0.39, 0.29) is 29.9 Å². The molecular weight excluding hydrogens is 406 g/mol. The van der Waals surface area contributed by atoms with Crippen molar-refractivity contribution in [3.8, 4) is 5.75 Å². The van der Waals surface area contributed by atoms with Gasteiger partial charge < -0.3 is 25.2 Å². The van der Waals surface area contributed by atoms with Gasteiger partial charge in [0.15, 0.2) is 15.8 Å². The van der Waals surface area contributed by atoms with Gasteiger partial charge in [-0.25, -0.2) is 8.42 Å². The molecular formula is C20H31N5O4S. The summed E-state index contributed by atoms with van der Waals surface area (Å²) in [5.74, 6) is 1.70. The lowest BCUT2D eigenvalue weighted by molar-refractivity contribution is -0.121. The number of benzene rings is 1. The molecule has 2 aliphatic rings. The first-order valence-corrected chi connectivity index (χ1v) is 12.1. The van der Waals surface area contributed by atoms with Gasteiger partial charge in [-0.3, -0.25) is 9.79 Å². The number of nitrogens with zero attached hydrogens (tertiary/aromatic N) is 3. The molecule has 9 nitrogen and oxygen atoms in total. The quantitative estimate of drug-likeness (QED) is 0.480. The third-order valence-electron chi connectivity index (χ3n) is 5.46. The molecule has 3 rings (SSSR count). The molecule has 2 N–H and O–H groups in total. The summed E-state index contributed by atoms with van der Waals surface area (Å²) in [6.45, 7) is 3.87. The van der Waals surface area contributed by atoms with Crippen LogP contribution in [0.15, 0.2) is 29.3 Å². The Morgan fingerprint density at radius 2 is 1.90 bits per heavy atom. The van der Waals surface area contributed by atoms with Crippen LogP contribution in [0.3, 0.4) is 0 Å². The van der Waals surface area contributed by atoms with Crippen LogP contribution < -0.4 is 20.3 Å². The second-order valence-corrected chi connectivity index (χ2v) is 9.79. The number of sulfone groups is 1. The highest BCUT2D eigenvalue weighted by molar-refractivity contribution is 7.91. The number of guanidine groups is 1. The van der Waals surface area contributed by atoms with E-state index in [1.54, 1.807) is 14.2 Å². The van der Waals surface area contributed by atoms with Crippen LogP contribution in [0, 0.1) is 0 Å². The molecule has 1 aromatic carbocycles. The van der Waals surface area contributed by atoms with E-state index in [0.29, 0.717) is 13.0 Å². The largest absolute Gasteiger partial charge is 0.497 e. The Morgan fingerprint density at radius 3 is 2.47 bits per heavy atom. The SMILES string of the molecule is CN=C(NCCC(=O)NC1CCS(=O)(=O)C1)N1CCN(c2ccc(OC)cc2)CC1. The number of aliphatic imine (C=N–C) groups is 1. The van der Waals surface area contributed by atoms with Crippen molar-refractivity contribution >= 4 is 27.4 Å². The summed E-state index contributed by atoms with van der Waals surface area (Å²) >= 11 is 0. The molecule has 1 aromatic rings. The average Bonchev–Trinajstić information content (AvgIpc) is 3.09. The summed E-state index contributed by atoms with van der Waals surface area (Å²) in [5, 5.41) is 6.05. The Bertz CT molecular complexity index is 848. The van der Waals surface area contributed by atoms with E-state index in [1.165, 1.54) is 5.69 Å². The van der Waals surface area contributed by atoms with E-state index >= 15 is 0 Å². The van der Waals surface area contributed by atoms with E-state index in [9.17, 15) is 13.2 Å². The molecule has 0 bridgehead atoms. The fraction of sp³-hybridized carbons (Fsp3) is 0.600. The molecule has 1 amide bonds. The number of rotatable bonds is 6. The fourth-order valence-corrected chi connectivity index (χ4v) is 5.47. The second kappa shape index (κ2) is 10.0. The minimum atomic E-state index is -2.99. The van der Waals surface area contributed by atoms with Gasteiger partial charge in [0.1, 0.15) is 5.75 Å². The van der Waals surface area contributed by atoms with Crippen molar-refractivity contribution in [3.05, 3.63) is 24.3 Å². The van der Waals surface area contributed by atoms with Gasteiger partial charge in [0.05, 0.1) is 18.6 Å². The van der Waals surface area contributed by atoms with Gasteiger partial charge in [0, 0.05) is 57.9 Å². The number of piperazine rings is 1. The Kier molecular flexibility index (Phi) is 7.41. The Morgan fingerprint density at radius 1 is 1.20 bits per heavy atom. The highest BCUT2D eigenvalue weighted by Crippen LogP contribution is 2.20. The molecule has 0 saturated carbocycles.